The second-order valence-corrected chi connectivity index (χ2v) is 7.52. The van der Waals surface area contributed by atoms with Crippen molar-refractivity contribution in [2.75, 3.05) is 0 Å². The van der Waals surface area contributed by atoms with E-state index in [1.807, 2.05) is 25.3 Å². The molecule has 1 fully saturated rings. The third-order valence-electron chi connectivity index (χ3n) is 5.60. The van der Waals surface area contributed by atoms with E-state index in [2.05, 4.69) is 40.3 Å². The van der Waals surface area contributed by atoms with E-state index in [0.717, 1.165) is 39.2 Å². The van der Waals surface area contributed by atoms with Gasteiger partial charge in [0.15, 0.2) is 0 Å². The summed E-state index contributed by atoms with van der Waals surface area (Å²) in [5.41, 5.74) is 6.13. The highest BCUT2D eigenvalue weighted by molar-refractivity contribution is 6.04. The van der Waals surface area contributed by atoms with Gasteiger partial charge in [0.2, 0.25) is 5.71 Å². The molecule has 0 bridgehead atoms. The number of aromatic nitrogens is 2. The highest BCUT2D eigenvalue weighted by Gasteiger charge is 2.16. The molecular weight excluding hydrogens is 320 g/mol. The maximum absolute atomic E-state index is 5.91. The number of benzene rings is 1. The molecule has 130 valence electrons. The molecule has 5 rings (SSSR count). The maximum Gasteiger partial charge on any atom is 0.227 e. The summed E-state index contributed by atoms with van der Waals surface area (Å²) >= 11 is 0. The average Bonchev–Trinajstić information content (AvgIpc) is 3.28. The second-order valence-electron chi connectivity index (χ2n) is 7.52. The minimum Gasteiger partial charge on any atom is -0.438 e. The first-order valence-corrected chi connectivity index (χ1v) is 9.51. The number of hydrogen-bond acceptors (Lipinski definition) is 3. The summed E-state index contributed by atoms with van der Waals surface area (Å²) < 4.78 is 5.91. The van der Waals surface area contributed by atoms with Crippen LogP contribution in [0.2, 0.25) is 0 Å². The number of pyridine rings is 2. The summed E-state index contributed by atoms with van der Waals surface area (Å²) in [4.78, 5) is 9.13. The topological polar surface area (TPSA) is 38.9 Å². The van der Waals surface area contributed by atoms with E-state index in [1.165, 1.54) is 37.7 Å². The van der Waals surface area contributed by atoms with E-state index in [4.69, 9.17) is 4.42 Å². The molecule has 0 saturated heterocycles. The third-order valence-corrected chi connectivity index (χ3v) is 5.60. The van der Waals surface area contributed by atoms with Crippen LogP contribution in [0.1, 0.15) is 36.9 Å². The normalized spacial score (nSPS) is 15.3. The van der Waals surface area contributed by atoms with Crippen LogP contribution in [0.4, 0.5) is 0 Å². The lowest BCUT2D eigenvalue weighted by Crippen LogP contribution is -1.99. The highest BCUT2D eigenvalue weighted by Crippen LogP contribution is 2.32. The first-order chi connectivity index (χ1) is 12.8. The van der Waals surface area contributed by atoms with Crippen molar-refractivity contribution in [2.24, 2.45) is 5.92 Å². The fourth-order valence-corrected chi connectivity index (χ4v) is 4.22. The quantitative estimate of drug-likeness (QED) is 0.452. The van der Waals surface area contributed by atoms with Gasteiger partial charge in [-0.05, 0) is 67.3 Å². The average molecular weight is 342 g/mol. The van der Waals surface area contributed by atoms with Crippen molar-refractivity contribution >= 4 is 22.1 Å². The molecule has 3 heteroatoms. The predicted molar refractivity (Wildman–Crippen MR) is 105 cm³/mol. The van der Waals surface area contributed by atoms with Crippen LogP contribution in [0.3, 0.4) is 0 Å². The molecule has 0 unspecified atom stereocenters. The van der Waals surface area contributed by atoms with Gasteiger partial charge in [0, 0.05) is 28.2 Å². The zero-order valence-electron chi connectivity index (χ0n) is 15.0. The molecule has 1 saturated carbocycles. The van der Waals surface area contributed by atoms with Crippen molar-refractivity contribution in [3.8, 4) is 11.3 Å². The van der Waals surface area contributed by atoms with Gasteiger partial charge in [-0.3, -0.25) is 4.98 Å². The van der Waals surface area contributed by atoms with Gasteiger partial charge < -0.3 is 4.42 Å². The largest absolute Gasteiger partial charge is 0.438 e. The lowest BCUT2D eigenvalue weighted by atomic mass is 9.97. The van der Waals surface area contributed by atoms with Crippen LogP contribution in [0, 0.1) is 12.8 Å². The van der Waals surface area contributed by atoms with E-state index in [0.29, 0.717) is 5.71 Å². The minimum absolute atomic E-state index is 0.708. The summed E-state index contributed by atoms with van der Waals surface area (Å²) in [6.45, 7) is 1.98. The van der Waals surface area contributed by atoms with Crippen LogP contribution in [-0.4, -0.2) is 9.97 Å². The number of nitrogens with zero attached hydrogens (tertiary/aromatic N) is 2. The van der Waals surface area contributed by atoms with Crippen LogP contribution in [0.5, 0.6) is 0 Å². The van der Waals surface area contributed by atoms with E-state index in [1.54, 1.807) is 0 Å². The lowest BCUT2D eigenvalue weighted by molar-refractivity contribution is 0.546. The van der Waals surface area contributed by atoms with Gasteiger partial charge in [-0.15, -0.1) is 0 Å². The molecule has 0 atom stereocenters. The number of fused-ring (bicyclic) bond motifs is 3. The number of furan rings is 1. The Bertz CT molecular complexity index is 1090. The molecule has 4 aromatic rings. The number of aryl methyl sites for hydroxylation is 1. The van der Waals surface area contributed by atoms with Crippen LogP contribution in [0.25, 0.3) is 33.3 Å². The van der Waals surface area contributed by atoms with Gasteiger partial charge in [0.05, 0.1) is 5.69 Å². The smallest absolute Gasteiger partial charge is 0.227 e. The van der Waals surface area contributed by atoms with E-state index < -0.39 is 0 Å². The molecule has 0 aliphatic heterocycles. The van der Waals surface area contributed by atoms with E-state index >= 15 is 0 Å². The highest BCUT2D eigenvalue weighted by atomic mass is 16.3. The van der Waals surface area contributed by atoms with Crippen LogP contribution in [-0.2, 0) is 6.42 Å². The fraction of sp³-hybridized carbons (Fsp3) is 0.304. The van der Waals surface area contributed by atoms with Crippen molar-refractivity contribution < 1.29 is 4.42 Å². The summed E-state index contributed by atoms with van der Waals surface area (Å²) in [6, 6.07) is 14.9. The van der Waals surface area contributed by atoms with Crippen molar-refractivity contribution in [2.45, 2.75) is 39.0 Å². The number of rotatable bonds is 3. The van der Waals surface area contributed by atoms with Crippen molar-refractivity contribution in [1.29, 1.82) is 0 Å². The maximum atomic E-state index is 5.91. The predicted octanol–water partition coefficient (Wildman–Crippen LogP) is 6.08. The van der Waals surface area contributed by atoms with Crippen molar-refractivity contribution in [3.63, 3.8) is 0 Å². The molecule has 0 spiro atoms. The van der Waals surface area contributed by atoms with Crippen LogP contribution >= 0.6 is 0 Å². The summed E-state index contributed by atoms with van der Waals surface area (Å²) in [5.74, 6) is 0.847. The molecule has 0 radical (unpaired) electrons. The molecular formula is C23H22N2O. The Morgan fingerprint density at radius 2 is 1.88 bits per heavy atom. The summed E-state index contributed by atoms with van der Waals surface area (Å²) in [6.07, 6.45) is 8.65. The SMILES string of the molecule is Cc1ccc2c(n1)oc1ccc(-c3cc(CC4CCCC4)ccn3)cc12. The molecule has 26 heavy (non-hydrogen) atoms. The van der Waals surface area contributed by atoms with Gasteiger partial charge in [-0.1, -0.05) is 25.7 Å². The minimum atomic E-state index is 0.708. The molecule has 3 aromatic heterocycles. The third kappa shape index (κ3) is 2.78. The van der Waals surface area contributed by atoms with Crippen LogP contribution < -0.4 is 0 Å². The molecule has 1 aliphatic carbocycles. The zero-order valence-corrected chi connectivity index (χ0v) is 15.0. The zero-order chi connectivity index (χ0) is 17.5. The Hall–Kier alpha value is -2.68. The molecule has 1 aliphatic rings. The second kappa shape index (κ2) is 6.24. The standard InChI is InChI=1S/C23H22N2O/c1-15-6-8-19-20-14-18(7-9-22(20)26-23(19)25-15)21-13-17(10-11-24-21)12-16-4-2-3-5-16/h6-11,13-14,16H,2-5,12H2,1H3. The van der Waals surface area contributed by atoms with Crippen molar-refractivity contribution in [3.05, 3.63) is 59.9 Å². The Morgan fingerprint density at radius 1 is 1.00 bits per heavy atom. The van der Waals surface area contributed by atoms with Gasteiger partial charge >= 0.3 is 0 Å². The Kier molecular flexibility index (Phi) is 3.74. The number of hydrogen-bond donors (Lipinski definition) is 0. The van der Waals surface area contributed by atoms with E-state index in [-0.39, 0.29) is 0 Å². The first kappa shape index (κ1) is 15.6. The molecule has 0 N–H and O–H groups in total. The monoisotopic (exact) mass is 342 g/mol. The summed E-state index contributed by atoms with van der Waals surface area (Å²) in [5, 5.41) is 2.17. The fourth-order valence-electron chi connectivity index (χ4n) is 4.22. The van der Waals surface area contributed by atoms with Gasteiger partial charge in [-0.25, -0.2) is 4.98 Å². The van der Waals surface area contributed by atoms with Gasteiger partial charge in [-0.2, -0.15) is 0 Å². The molecule has 3 nitrogen and oxygen atoms in total. The Balaban J connectivity index is 1.55. The Labute approximate surface area is 153 Å². The van der Waals surface area contributed by atoms with E-state index in [9.17, 15) is 0 Å². The van der Waals surface area contributed by atoms with Crippen LogP contribution in [0.15, 0.2) is 53.1 Å². The van der Waals surface area contributed by atoms with Crippen molar-refractivity contribution in [1.82, 2.24) is 9.97 Å². The molecule has 3 heterocycles. The molecule has 0 amide bonds. The molecule has 1 aromatic carbocycles. The van der Waals surface area contributed by atoms with Gasteiger partial charge in [0.25, 0.3) is 0 Å². The lowest BCUT2D eigenvalue weighted by Gasteiger charge is -2.10. The Morgan fingerprint density at radius 3 is 2.77 bits per heavy atom. The van der Waals surface area contributed by atoms with Gasteiger partial charge in [0.1, 0.15) is 5.58 Å². The first-order valence-electron chi connectivity index (χ1n) is 9.51. The summed E-state index contributed by atoms with van der Waals surface area (Å²) in [7, 11) is 0.